The Labute approximate surface area is 117 Å². The normalized spacial score (nSPS) is 22.4. The van der Waals surface area contributed by atoms with E-state index in [1.807, 2.05) is 31.2 Å². The van der Waals surface area contributed by atoms with Gasteiger partial charge in [0.1, 0.15) is 12.1 Å². The number of benzene rings is 1. The lowest BCUT2D eigenvalue weighted by Gasteiger charge is -2.24. The highest BCUT2D eigenvalue weighted by molar-refractivity contribution is 5.90. The van der Waals surface area contributed by atoms with Crippen LogP contribution in [0.15, 0.2) is 30.6 Å². The molecule has 1 N–H and O–H groups in total. The van der Waals surface area contributed by atoms with E-state index in [4.69, 9.17) is 0 Å². The molecular weight excluding hydrogens is 254 g/mol. The number of rotatable bonds is 3. The highest BCUT2D eigenvalue weighted by Crippen LogP contribution is 2.37. The van der Waals surface area contributed by atoms with Gasteiger partial charge in [0, 0.05) is 18.5 Å². The lowest BCUT2D eigenvalue weighted by atomic mass is 9.84. The Bertz CT molecular complexity index is 653. The molecule has 5 nitrogen and oxygen atoms in total. The van der Waals surface area contributed by atoms with Crippen LogP contribution in [0.25, 0.3) is 10.9 Å². The molecule has 3 rings (SSSR count). The maximum Gasteiger partial charge on any atom is 0.311 e. The summed E-state index contributed by atoms with van der Waals surface area (Å²) in [6.07, 6.45) is 2.85. The summed E-state index contributed by atoms with van der Waals surface area (Å²) in [5, 5.41) is 10.5. The summed E-state index contributed by atoms with van der Waals surface area (Å²) in [7, 11) is 0. The van der Waals surface area contributed by atoms with Crippen molar-refractivity contribution in [2.45, 2.75) is 19.8 Å². The van der Waals surface area contributed by atoms with E-state index in [2.05, 4.69) is 14.9 Å². The van der Waals surface area contributed by atoms with Crippen LogP contribution in [0.2, 0.25) is 0 Å². The molecule has 1 aliphatic heterocycles. The Morgan fingerprint density at radius 1 is 1.40 bits per heavy atom. The lowest BCUT2D eigenvalue weighted by Crippen LogP contribution is -2.34. The molecule has 1 saturated heterocycles. The van der Waals surface area contributed by atoms with Crippen LogP contribution in [-0.4, -0.2) is 34.1 Å². The zero-order chi connectivity index (χ0) is 14.2. The van der Waals surface area contributed by atoms with E-state index in [0.717, 1.165) is 23.3 Å². The Balaban J connectivity index is 2.00. The number of hydrogen-bond donors (Lipinski definition) is 1. The fraction of sp³-hybridized carbons (Fsp3) is 0.400. The summed E-state index contributed by atoms with van der Waals surface area (Å²) in [5.41, 5.74) is 0.244. The minimum atomic E-state index is -0.708. The van der Waals surface area contributed by atoms with Crippen LogP contribution in [0.1, 0.15) is 19.8 Å². The summed E-state index contributed by atoms with van der Waals surface area (Å²) in [6.45, 7) is 3.18. The van der Waals surface area contributed by atoms with E-state index in [-0.39, 0.29) is 0 Å². The molecule has 1 fully saturated rings. The van der Waals surface area contributed by atoms with Gasteiger partial charge in [-0.2, -0.15) is 0 Å². The average Bonchev–Trinajstić information content (AvgIpc) is 2.92. The van der Waals surface area contributed by atoms with Gasteiger partial charge in [-0.3, -0.25) is 4.79 Å². The number of carboxylic acid groups (broad SMARTS) is 1. The summed E-state index contributed by atoms with van der Waals surface area (Å²) in [4.78, 5) is 22.2. The molecule has 20 heavy (non-hydrogen) atoms. The number of nitrogens with zero attached hydrogens (tertiary/aromatic N) is 3. The van der Waals surface area contributed by atoms with Crippen molar-refractivity contribution in [3.05, 3.63) is 30.6 Å². The van der Waals surface area contributed by atoms with Crippen LogP contribution in [0.5, 0.6) is 0 Å². The molecule has 0 aliphatic carbocycles. The summed E-state index contributed by atoms with van der Waals surface area (Å²) < 4.78 is 0. The molecule has 1 aromatic heterocycles. The second-order valence-electron chi connectivity index (χ2n) is 5.33. The molecule has 104 valence electrons. The van der Waals surface area contributed by atoms with E-state index in [1.165, 1.54) is 0 Å². The van der Waals surface area contributed by atoms with Crippen LogP contribution in [-0.2, 0) is 4.79 Å². The van der Waals surface area contributed by atoms with Gasteiger partial charge in [0.25, 0.3) is 0 Å². The molecule has 0 bridgehead atoms. The summed E-state index contributed by atoms with van der Waals surface area (Å²) >= 11 is 0. The Morgan fingerprint density at radius 2 is 2.20 bits per heavy atom. The van der Waals surface area contributed by atoms with Crippen LogP contribution < -0.4 is 4.90 Å². The number of fused-ring (bicyclic) bond motifs is 1. The second kappa shape index (κ2) is 4.74. The van der Waals surface area contributed by atoms with Gasteiger partial charge in [-0.1, -0.05) is 19.1 Å². The topological polar surface area (TPSA) is 66.3 Å². The van der Waals surface area contributed by atoms with E-state index in [9.17, 15) is 9.90 Å². The number of carbonyl (C=O) groups is 1. The molecule has 0 radical (unpaired) electrons. The van der Waals surface area contributed by atoms with Gasteiger partial charge < -0.3 is 10.0 Å². The van der Waals surface area contributed by atoms with E-state index < -0.39 is 11.4 Å². The fourth-order valence-electron chi connectivity index (χ4n) is 2.91. The highest BCUT2D eigenvalue weighted by Gasteiger charge is 2.43. The maximum atomic E-state index is 11.5. The first-order chi connectivity index (χ1) is 9.66. The number of para-hydroxylation sites is 1. The van der Waals surface area contributed by atoms with E-state index in [0.29, 0.717) is 19.4 Å². The molecule has 2 aromatic rings. The minimum absolute atomic E-state index is 0.514. The van der Waals surface area contributed by atoms with Gasteiger partial charge in [-0.05, 0) is 25.0 Å². The SMILES string of the molecule is CCC1(C(=O)O)CCN(c2ncnc3ccccc23)C1. The maximum absolute atomic E-state index is 11.5. The summed E-state index contributed by atoms with van der Waals surface area (Å²) in [5.74, 6) is 0.132. The molecule has 0 spiro atoms. The van der Waals surface area contributed by atoms with Gasteiger partial charge >= 0.3 is 5.97 Å². The molecule has 0 amide bonds. The van der Waals surface area contributed by atoms with Gasteiger partial charge in [0.15, 0.2) is 0 Å². The number of anilines is 1. The van der Waals surface area contributed by atoms with Crippen molar-refractivity contribution in [1.29, 1.82) is 0 Å². The quantitative estimate of drug-likeness (QED) is 0.928. The van der Waals surface area contributed by atoms with Crippen molar-refractivity contribution in [2.24, 2.45) is 5.41 Å². The molecular formula is C15H17N3O2. The number of hydrogen-bond acceptors (Lipinski definition) is 4. The van der Waals surface area contributed by atoms with E-state index in [1.54, 1.807) is 6.33 Å². The van der Waals surface area contributed by atoms with Crippen molar-refractivity contribution in [3.8, 4) is 0 Å². The standard InChI is InChI=1S/C15H17N3O2/c1-2-15(14(19)20)7-8-18(9-15)13-11-5-3-4-6-12(11)16-10-17-13/h3-6,10H,2,7-9H2,1H3,(H,19,20). The minimum Gasteiger partial charge on any atom is -0.481 e. The van der Waals surface area contributed by atoms with Gasteiger partial charge in [0.05, 0.1) is 10.9 Å². The first kappa shape index (κ1) is 12.8. The lowest BCUT2D eigenvalue weighted by molar-refractivity contribution is -0.147. The smallest absolute Gasteiger partial charge is 0.311 e. The molecule has 5 heteroatoms. The number of aliphatic carboxylic acids is 1. The predicted molar refractivity (Wildman–Crippen MR) is 76.7 cm³/mol. The number of aromatic nitrogens is 2. The van der Waals surface area contributed by atoms with Crippen molar-refractivity contribution >= 4 is 22.7 Å². The van der Waals surface area contributed by atoms with Gasteiger partial charge in [-0.15, -0.1) is 0 Å². The summed E-state index contributed by atoms with van der Waals surface area (Å²) in [6, 6.07) is 7.82. The van der Waals surface area contributed by atoms with Crippen molar-refractivity contribution < 1.29 is 9.90 Å². The fourth-order valence-corrected chi connectivity index (χ4v) is 2.91. The predicted octanol–water partition coefficient (Wildman–Crippen LogP) is 2.32. The molecule has 1 aromatic carbocycles. The van der Waals surface area contributed by atoms with E-state index >= 15 is 0 Å². The van der Waals surface area contributed by atoms with Crippen LogP contribution in [0.3, 0.4) is 0 Å². The first-order valence-corrected chi connectivity index (χ1v) is 6.84. The van der Waals surface area contributed by atoms with Crippen LogP contribution in [0, 0.1) is 5.41 Å². The highest BCUT2D eigenvalue weighted by atomic mass is 16.4. The Hall–Kier alpha value is -2.17. The first-order valence-electron chi connectivity index (χ1n) is 6.84. The molecule has 0 saturated carbocycles. The Morgan fingerprint density at radius 3 is 2.90 bits per heavy atom. The second-order valence-corrected chi connectivity index (χ2v) is 5.33. The largest absolute Gasteiger partial charge is 0.481 e. The molecule has 1 atom stereocenters. The molecule has 1 aliphatic rings. The zero-order valence-electron chi connectivity index (χ0n) is 11.4. The van der Waals surface area contributed by atoms with Gasteiger partial charge in [-0.25, -0.2) is 9.97 Å². The van der Waals surface area contributed by atoms with Crippen LogP contribution in [0.4, 0.5) is 5.82 Å². The molecule has 1 unspecified atom stereocenters. The zero-order valence-corrected chi connectivity index (χ0v) is 11.4. The third-order valence-electron chi connectivity index (χ3n) is 4.31. The third-order valence-corrected chi connectivity index (χ3v) is 4.31. The monoisotopic (exact) mass is 271 g/mol. The Kier molecular flexibility index (Phi) is 3.04. The van der Waals surface area contributed by atoms with Crippen LogP contribution >= 0.6 is 0 Å². The van der Waals surface area contributed by atoms with Crippen molar-refractivity contribution in [3.63, 3.8) is 0 Å². The average molecular weight is 271 g/mol. The van der Waals surface area contributed by atoms with Crippen molar-refractivity contribution in [2.75, 3.05) is 18.0 Å². The number of carboxylic acids is 1. The van der Waals surface area contributed by atoms with Crippen molar-refractivity contribution in [1.82, 2.24) is 9.97 Å². The molecule has 2 heterocycles. The third kappa shape index (κ3) is 1.90. The van der Waals surface area contributed by atoms with Gasteiger partial charge in [0.2, 0.25) is 0 Å².